The molecule has 1 fully saturated rings. The van der Waals surface area contributed by atoms with Gasteiger partial charge in [-0.25, -0.2) is 4.98 Å². The van der Waals surface area contributed by atoms with E-state index in [1.807, 2.05) is 20.2 Å². The highest BCUT2D eigenvalue weighted by molar-refractivity contribution is 5.32. The van der Waals surface area contributed by atoms with Crippen molar-refractivity contribution in [3.05, 3.63) is 11.8 Å². The number of hydrogen-bond acceptors (Lipinski definition) is 4. The van der Waals surface area contributed by atoms with Crippen molar-refractivity contribution >= 4 is 5.95 Å². The molecule has 0 radical (unpaired) electrons. The normalized spacial score (nSPS) is 23.4. The molecule has 2 atom stereocenters. The van der Waals surface area contributed by atoms with Crippen LogP contribution in [0.2, 0.25) is 0 Å². The smallest absolute Gasteiger partial charge is 0.225 e. The van der Waals surface area contributed by atoms with Crippen molar-refractivity contribution in [1.29, 1.82) is 0 Å². The quantitative estimate of drug-likeness (QED) is 0.891. The summed E-state index contributed by atoms with van der Waals surface area (Å²) in [4.78, 5) is 8.59. The van der Waals surface area contributed by atoms with E-state index in [4.69, 9.17) is 4.74 Å². The van der Waals surface area contributed by atoms with Gasteiger partial charge in [0.05, 0.1) is 0 Å². The van der Waals surface area contributed by atoms with Gasteiger partial charge in [-0.05, 0) is 38.0 Å². The first-order valence-electron chi connectivity index (χ1n) is 6.80. The van der Waals surface area contributed by atoms with Crippen LogP contribution in [-0.2, 0) is 0 Å². The average molecular weight is 249 g/mol. The molecule has 1 saturated carbocycles. The highest BCUT2D eigenvalue weighted by Gasteiger charge is 2.31. The van der Waals surface area contributed by atoms with Gasteiger partial charge in [-0.15, -0.1) is 0 Å². The van der Waals surface area contributed by atoms with Crippen molar-refractivity contribution in [2.45, 2.75) is 46.1 Å². The highest BCUT2D eigenvalue weighted by Crippen LogP contribution is 2.34. The summed E-state index contributed by atoms with van der Waals surface area (Å²) < 4.78 is 6.13. The number of anilines is 1. The number of rotatable bonds is 4. The predicted octanol–water partition coefficient (Wildman–Crippen LogP) is 3.03. The molecule has 1 aliphatic rings. The summed E-state index contributed by atoms with van der Waals surface area (Å²) in [5, 5.41) is 2.95. The second-order valence-electron chi connectivity index (χ2n) is 5.43. The zero-order chi connectivity index (χ0) is 13.1. The second-order valence-corrected chi connectivity index (χ2v) is 5.43. The number of hydrogen-bond donors (Lipinski definition) is 1. The molecule has 0 amide bonds. The van der Waals surface area contributed by atoms with Gasteiger partial charge in [-0.1, -0.05) is 13.8 Å². The molecule has 0 spiro atoms. The third kappa shape index (κ3) is 2.74. The molecule has 0 aliphatic heterocycles. The van der Waals surface area contributed by atoms with E-state index >= 15 is 0 Å². The Morgan fingerprint density at radius 1 is 1.39 bits per heavy atom. The zero-order valence-electron chi connectivity index (χ0n) is 11.7. The van der Waals surface area contributed by atoms with E-state index < -0.39 is 0 Å². The van der Waals surface area contributed by atoms with E-state index in [9.17, 15) is 0 Å². The first-order chi connectivity index (χ1) is 8.61. The van der Waals surface area contributed by atoms with Gasteiger partial charge in [0.15, 0.2) is 0 Å². The molecule has 1 aliphatic carbocycles. The summed E-state index contributed by atoms with van der Waals surface area (Å²) in [6.45, 7) is 6.55. The fraction of sp³-hybridized carbons (Fsp3) is 0.714. The Balaban J connectivity index is 2.13. The van der Waals surface area contributed by atoms with Gasteiger partial charge in [0, 0.05) is 18.8 Å². The molecule has 2 rings (SSSR count). The molecule has 2 unspecified atom stereocenters. The van der Waals surface area contributed by atoms with Crippen molar-refractivity contribution < 1.29 is 4.74 Å². The molecule has 0 aromatic carbocycles. The summed E-state index contributed by atoms with van der Waals surface area (Å²) in [6, 6.07) is 0. The summed E-state index contributed by atoms with van der Waals surface area (Å²) in [5.74, 6) is 2.67. The van der Waals surface area contributed by atoms with E-state index in [-0.39, 0.29) is 0 Å². The Morgan fingerprint density at radius 2 is 2.17 bits per heavy atom. The SMILES string of the molecule is CNc1ncc(C)c(OC2CCCC2C(C)C)n1. The first kappa shape index (κ1) is 13.1. The Bertz CT molecular complexity index is 406. The highest BCUT2D eigenvalue weighted by atomic mass is 16.5. The number of aromatic nitrogens is 2. The summed E-state index contributed by atoms with van der Waals surface area (Å²) in [5.41, 5.74) is 1.00. The Hall–Kier alpha value is -1.32. The van der Waals surface area contributed by atoms with Crippen LogP contribution in [0.15, 0.2) is 6.20 Å². The largest absolute Gasteiger partial charge is 0.474 e. The van der Waals surface area contributed by atoms with E-state index in [2.05, 4.69) is 29.1 Å². The van der Waals surface area contributed by atoms with E-state index in [0.29, 0.717) is 23.9 Å². The van der Waals surface area contributed by atoms with Crippen molar-refractivity contribution in [2.75, 3.05) is 12.4 Å². The monoisotopic (exact) mass is 249 g/mol. The molecule has 1 N–H and O–H groups in total. The molecule has 1 heterocycles. The third-order valence-corrected chi connectivity index (χ3v) is 3.77. The molecular weight excluding hydrogens is 226 g/mol. The second kappa shape index (κ2) is 5.55. The molecule has 0 saturated heterocycles. The lowest BCUT2D eigenvalue weighted by molar-refractivity contribution is 0.125. The van der Waals surface area contributed by atoms with Gasteiger partial charge in [0.1, 0.15) is 6.10 Å². The maximum absolute atomic E-state index is 6.13. The van der Waals surface area contributed by atoms with Gasteiger partial charge in [-0.3, -0.25) is 0 Å². The topological polar surface area (TPSA) is 47.0 Å². The lowest BCUT2D eigenvalue weighted by Gasteiger charge is -2.24. The van der Waals surface area contributed by atoms with E-state index in [1.165, 1.54) is 12.8 Å². The molecule has 1 aromatic rings. The van der Waals surface area contributed by atoms with Gasteiger partial charge in [-0.2, -0.15) is 4.98 Å². The van der Waals surface area contributed by atoms with Crippen LogP contribution in [0.5, 0.6) is 5.88 Å². The minimum absolute atomic E-state index is 0.309. The van der Waals surface area contributed by atoms with E-state index in [0.717, 1.165) is 17.9 Å². The number of ether oxygens (including phenoxy) is 1. The Labute approximate surface area is 109 Å². The van der Waals surface area contributed by atoms with Crippen LogP contribution in [0.1, 0.15) is 38.7 Å². The minimum atomic E-state index is 0.309. The Morgan fingerprint density at radius 3 is 2.83 bits per heavy atom. The van der Waals surface area contributed by atoms with Crippen molar-refractivity contribution in [1.82, 2.24) is 9.97 Å². The van der Waals surface area contributed by atoms with Gasteiger partial charge < -0.3 is 10.1 Å². The molecule has 4 nitrogen and oxygen atoms in total. The Kier molecular flexibility index (Phi) is 4.04. The lowest BCUT2D eigenvalue weighted by atomic mass is 9.92. The number of nitrogens with one attached hydrogen (secondary N) is 1. The minimum Gasteiger partial charge on any atom is -0.474 e. The summed E-state index contributed by atoms with van der Waals surface area (Å²) in [7, 11) is 1.82. The van der Waals surface area contributed by atoms with Crippen molar-refractivity contribution in [2.24, 2.45) is 11.8 Å². The molecule has 4 heteroatoms. The number of nitrogens with zero attached hydrogens (tertiary/aromatic N) is 2. The van der Waals surface area contributed by atoms with Crippen LogP contribution in [0.4, 0.5) is 5.95 Å². The van der Waals surface area contributed by atoms with Crippen molar-refractivity contribution in [3.63, 3.8) is 0 Å². The molecule has 18 heavy (non-hydrogen) atoms. The van der Waals surface area contributed by atoms with Gasteiger partial charge in [0.2, 0.25) is 11.8 Å². The standard InChI is InChI=1S/C14H23N3O/c1-9(2)11-6-5-7-12(11)18-13-10(3)8-16-14(15-4)17-13/h8-9,11-12H,5-7H2,1-4H3,(H,15,16,17). The van der Waals surface area contributed by atoms with Crippen molar-refractivity contribution in [3.8, 4) is 5.88 Å². The van der Waals surface area contributed by atoms with Crippen LogP contribution in [0, 0.1) is 18.8 Å². The first-order valence-corrected chi connectivity index (χ1v) is 6.80. The van der Waals surface area contributed by atoms with Crippen LogP contribution in [0.25, 0.3) is 0 Å². The average Bonchev–Trinajstić information content (AvgIpc) is 2.80. The maximum Gasteiger partial charge on any atom is 0.225 e. The number of aryl methyl sites for hydroxylation is 1. The van der Waals surface area contributed by atoms with Gasteiger partial charge >= 0.3 is 0 Å². The van der Waals surface area contributed by atoms with E-state index in [1.54, 1.807) is 0 Å². The summed E-state index contributed by atoms with van der Waals surface area (Å²) >= 11 is 0. The predicted molar refractivity (Wildman–Crippen MR) is 72.9 cm³/mol. The molecule has 100 valence electrons. The molecule has 1 aromatic heterocycles. The zero-order valence-corrected chi connectivity index (χ0v) is 11.7. The molecular formula is C14H23N3O. The third-order valence-electron chi connectivity index (χ3n) is 3.77. The van der Waals surface area contributed by atoms with Crippen LogP contribution >= 0.6 is 0 Å². The lowest BCUT2D eigenvalue weighted by Crippen LogP contribution is -2.26. The van der Waals surface area contributed by atoms with Crippen LogP contribution < -0.4 is 10.1 Å². The maximum atomic E-state index is 6.13. The van der Waals surface area contributed by atoms with Gasteiger partial charge in [0.25, 0.3) is 0 Å². The fourth-order valence-corrected chi connectivity index (χ4v) is 2.67. The van der Waals surface area contributed by atoms with Crippen LogP contribution in [0.3, 0.4) is 0 Å². The fourth-order valence-electron chi connectivity index (χ4n) is 2.67. The molecule has 0 bridgehead atoms. The van der Waals surface area contributed by atoms with Crippen LogP contribution in [-0.4, -0.2) is 23.1 Å². The summed E-state index contributed by atoms with van der Waals surface area (Å²) in [6.07, 6.45) is 5.79.